The lowest BCUT2D eigenvalue weighted by molar-refractivity contribution is -0.150. The standard InChI is InChI=1S/C15H25NO4/c1-19-15(18)10-13-11-16(8-9-20-13)14(17)7-6-12-4-2-3-5-12/h12-13H,2-11H2,1H3. The molecule has 1 saturated carbocycles. The fourth-order valence-corrected chi connectivity index (χ4v) is 3.12. The molecule has 1 heterocycles. The zero-order chi connectivity index (χ0) is 14.4. The van der Waals surface area contributed by atoms with E-state index in [1.807, 2.05) is 4.90 Å². The summed E-state index contributed by atoms with van der Waals surface area (Å²) in [4.78, 5) is 25.3. The Balaban J connectivity index is 1.72. The summed E-state index contributed by atoms with van der Waals surface area (Å²) in [5.74, 6) is 0.663. The minimum Gasteiger partial charge on any atom is -0.469 e. The van der Waals surface area contributed by atoms with E-state index < -0.39 is 0 Å². The zero-order valence-corrected chi connectivity index (χ0v) is 12.3. The van der Waals surface area contributed by atoms with Crippen LogP contribution in [0.1, 0.15) is 44.9 Å². The average molecular weight is 283 g/mol. The van der Waals surface area contributed by atoms with Crippen LogP contribution in [0.25, 0.3) is 0 Å². The number of hydrogen-bond donors (Lipinski definition) is 0. The van der Waals surface area contributed by atoms with E-state index in [9.17, 15) is 9.59 Å². The third-order valence-electron chi connectivity index (χ3n) is 4.35. The monoisotopic (exact) mass is 283 g/mol. The molecule has 2 rings (SSSR count). The largest absolute Gasteiger partial charge is 0.469 e. The van der Waals surface area contributed by atoms with Crippen LogP contribution in [0.3, 0.4) is 0 Å². The molecule has 0 spiro atoms. The van der Waals surface area contributed by atoms with Crippen LogP contribution in [0.2, 0.25) is 0 Å². The normalized spacial score (nSPS) is 23.9. The highest BCUT2D eigenvalue weighted by atomic mass is 16.5. The third-order valence-corrected chi connectivity index (χ3v) is 4.35. The summed E-state index contributed by atoms with van der Waals surface area (Å²) < 4.78 is 10.2. The molecule has 2 aliphatic rings. The summed E-state index contributed by atoms with van der Waals surface area (Å²) in [5.41, 5.74) is 0. The molecule has 0 aromatic carbocycles. The molecule has 1 aliphatic carbocycles. The summed E-state index contributed by atoms with van der Waals surface area (Å²) in [6.45, 7) is 1.66. The lowest BCUT2D eigenvalue weighted by atomic mass is 10.0. The molecule has 1 aliphatic heterocycles. The van der Waals surface area contributed by atoms with Crippen molar-refractivity contribution < 1.29 is 19.1 Å². The first-order chi connectivity index (χ1) is 9.69. The van der Waals surface area contributed by atoms with Crippen LogP contribution in [0.5, 0.6) is 0 Å². The molecule has 5 heteroatoms. The summed E-state index contributed by atoms with van der Waals surface area (Å²) in [6.07, 6.45) is 6.85. The molecule has 2 fully saturated rings. The molecule has 1 atom stereocenters. The van der Waals surface area contributed by atoms with Crippen molar-refractivity contribution in [2.45, 2.75) is 51.0 Å². The quantitative estimate of drug-likeness (QED) is 0.721. The van der Waals surface area contributed by atoms with Gasteiger partial charge in [-0.2, -0.15) is 0 Å². The van der Waals surface area contributed by atoms with Crippen LogP contribution in [0.15, 0.2) is 0 Å². The van der Waals surface area contributed by atoms with Crippen molar-refractivity contribution in [2.24, 2.45) is 5.92 Å². The number of carbonyl (C=O) groups is 2. The van der Waals surface area contributed by atoms with E-state index in [2.05, 4.69) is 4.74 Å². The molecular weight excluding hydrogens is 258 g/mol. The summed E-state index contributed by atoms with van der Waals surface area (Å²) in [6, 6.07) is 0. The third kappa shape index (κ3) is 4.47. The molecule has 0 bridgehead atoms. The van der Waals surface area contributed by atoms with Crippen LogP contribution in [-0.4, -0.2) is 49.7 Å². The van der Waals surface area contributed by atoms with Gasteiger partial charge in [-0.15, -0.1) is 0 Å². The van der Waals surface area contributed by atoms with Gasteiger partial charge >= 0.3 is 5.97 Å². The van der Waals surface area contributed by atoms with Crippen LogP contribution in [-0.2, 0) is 19.1 Å². The number of hydrogen-bond acceptors (Lipinski definition) is 4. The predicted octanol–water partition coefficient (Wildman–Crippen LogP) is 1.75. The van der Waals surface area contributed by atoms with E-state index >= 15 is 0 Å². The van der Waals surface area contributed by atoms with Gasteiger partial charge in [-0.1, -0.05) is 25.7 Å². The molecule has 114 valence electrons. The molecule has 1 saturated heterocycles. The van der Waals surface area contributed by atoms with Crippen molar-refractivity contribution >= 4 is 11.9 Å². The molecule has 0 N–H and O–H groups in total. The second-order valence-corrected chi connectivity index (χ2v) is 5.80. The van der Waals surface area contributed by atoms with Gasteiger partial charge in [0.25, 0.3) is 0 Å². The highest BCUT2D eigenvalue weighted by Gasteiger charge is 2.26. The number of carbonyl (C=O) groups excluding carboxylic acids is 2. The number of rotatable bonds is 5. The molecule has 1 amide bonds. The van der Waals surface area contributed by atoms with Gasteiger partial charge in [0.05, 0.1) is 26.2 Å². The van der Waals surface area contributed by atoms with Gasteiger partial charge in [0, 0.05) is 19.5 Å². The van der Waals surface area contributed by atoms with Gasteiger partial charge in [-0.25, -0.2) is 0 Å². The Hall–Kier alpha value is -1.10. The molecule has 0 aromatic heterocycles. The van der Waals surface area contributed by atoms with Crippen LogP contribution in [0, 0.1) is 5.92 Å². The maximum absolute atomic E-state index is 12.2. The van der Waals surface area contributed by atoms with Crippen LogP contribution in [0.4, 0.5) is 0 Å². The molecule has 20 heavy (non-hydrogen) atoms. The van der Waals surface area contributed by atoms with Crippen molar-refractivity contribution in [3.8, 4) is 0 Å². The van der Waals surface area contributed by atoms with E-state index in [4.69, 9.17) is 4.74 Å². The number of ether oxygens (including phenoxy) is 2. The first-order valence-corrected chi connectivity index (χ1v) is 7.65. The lowest BCUT2D eigenvalue weighted by Gasteiger charge is -2.32. The van der Waals surface area contributed by atoms with Crippen molar-refractivity contribution in [2.75, 3.05) is 26.8 Å². The van der Waals surface area contributed by atoms with Gasteiger partial charge in [0.15, 0.2) is 0 Å². The van der Waals surface area contributed by atoms with Crippen LogP contribution < -0.4 is 0 Å². The van der Waals surface area contributed by atoms with Crippen molar-refractivity contribution in [1.82, 2.24) is 4.90 Å². The van der Waals surface area contributed by atoms with E-state index in [0.29, 0.717) is 26.1 Å². The van der Waals surface area contributed by atoms with E-state index in [1.165, 1.54) is 32.8 Å². The maximum Gasteiger partial charge on any atom is 0.308 e. The Morgan fingerprint density at radius 3 is 2.75 bits per heavy atom. The van der Waals surface area contributed by atoms with E-state index in [-0.39, 0.29) is 24.4 Å². The number of methoxy groups -OCH3 is 1. The highest BCUT2D eigenvalue weighted by Crippen LogP contribution is 2.28. The molecule has 5 nitrogen and oxygen atoms in total. The number of esters is 1. The minimum atomic E-state index is -0.282. The predicted molar refractivity (Wildman–Crippen MR) is 74.1 cm³/mol. The summed E-state index contributed by atoms with van der Waals surface area (Å²) >= 11 is 0. The maximum atomic E-state index is 12.2. The number of amides is 1. The molecule has 0 radical (unpaired) electrons. The number of morpholine rings is 1. The summed E-state index contributed by atoms with van der Waals surface area (Å²) in [7, 11) is 1.37. The van der Waals surface area contributed by atoms with Gasteiger partial charge in [-0.3, -0.25) is 9.59 Å². The van der Waals surface area contributed by atoms with E-state index in [1.54, 1.807) is 0 Å². The fourth-order valence-electron chi connectivity index (χ4n) is 3.12. The average Bonchev–Trinajstić information content (AvgIpc) is 2.98. The second kappa shape index (κ2) is 7.62. The Kier molecular flexibility index (Phi) is 5.83. The minimum absolute atomic E-state index is 0.204. The van der Waals surface area contributed by atoms with E-state index in [0.717, 1.165) is 12.3 Å². The number of nitrogens with zero attached hydrogens (tertiary/aromatic N) is 1. The fraction of sp³-hybridized carbons (Fsp3) is 0.867. The first-order valence-electron chi connectivity index (χ1n) is 7.65. The van der Waals surface area contributed by atoms with Crippen LogP contribution >= 0.6 is 0 Å². The molecular formula is C15H25NO4. The van der Waals surface area contributed by atoms with Gasteiger partial charge < -0.3 is 14.4 Å². The summed E-state index contributed by atoms with van der Waals surface area (Å²) in [5, 5.41) is 0. The SMILES string of the molecule is COC(=O)CC1CN(C(=O)CCC2CCCC2)CCO1. The van der Waals surface area contributed by atoms with Crippen molar-refractivity contribution in [3.05, 3.63) is 0 Å². The Morgan fingerprint density at radius 2 is 2.05 bits per heavy atom. The molecule has 0 aromatic rings. The zero-order valence-electron chi connectivity index (χ0n) is 12.3. The highest BCUT2D eigenvalue weighted by molar-refractivity contribution is 5.76. The lowest BCUT2D eigenvalue weighted by Crippen LogP contribution is -2.46. The molecule has 1 unspecified atom stereocenters. The second-order valence-electron chi connectivity index (χ2n) is 5.80. The Labute approximate surface area is 120 Å². The van der Waals surface area contributed by atoms with Crippen molar-refractivity contribution in [1.29, 1.82) is 0 Å². The van der Waals surface area contributed by atoms with Gasteiger partial charge in [-0.05, 0) is 12.3 Å². The van der Waals surface area contributed by atoms with Gasteiger partial charge in [0.2, 0.25) is 5.91 Å². The van der Waals surface area contributed by atoms with Crippen molar-refractivity contribution in [3.63, 3.8) is 0 Å². The topological polar surface area (TPSA) is 55.8 Å². The Morgan fingerprint density at radius 1 is 1.30 bits per heavy atom. The van der Waals surface area contributed by atoms with Gasteiger partial charge in [0.1, 0.15) is 0 Å². The Bertz CT molecular complexity index is 339. The first kappa shape index (κ1) is 15.3. The smallest absolute Gasteiger partial charge is 0.308 e.